The molecule has 5 heteroatoms. The number of methoxy groups -OCH3 is 1. The largest absolute Gasteiger partial charge is 0.489 e. The molecule has 1 aromatic heterocycles. The third kappa shape index (κ3) is 3.25. The van der Waals surface area contributed by atoms with Crippen LogP contribution in [0.2, 0.25) is 0 Å². The van der Waals surface area contributed by atoms with Crippen LogP contribution in [0.5, 0.6) is 11.6 Å². The Kier molecular flexibility index (Phi) is 3.93. The number of nitrogens with one attached hydrogen (secondary N) is 1. The predicted molar refractivity (Wildman–Crippen MR) is 63.1 cm³/mol. The first-order valence-corrected chi connectivity index (χ1v) is 5.29. The molecule has 0 aromatic carbocycles. The topological polar surface area (TPSA) is 56.3 Å². The van der Waals surface area contributed by atoms with E-state index in [0.29, 0.717) is 17.4 Å². The van der Waals surface area contributed by atoms with E-state index in [9.17, 15) is 0 Å². The van der Waals surface area contributed by atoms with E-state index in [2.05, 4.69) is 15.3 Å². The molecule has 0 fully saturated rings. The van der Waals surface area contributed by atoms with Gasteiger partial charge in [0.1, 0.15) is 11.9 Å². The number of nitrogens with zero attached hydrogens (tertiary/aromatic N) is 2. The van der Waals surface area contributed by atoms with Crippen molar-refractivity contribution in [1.82, 2.24) is 9.97 Å². The fraction of sp³-hybridized carbons (Fsp3) is 0.636. The van der Waals surface area contributed by atoms with Crippen molar-refractivity contribution in [3.8, 4) is 11.6 Å². The van der Waals surface area contributed by atoms with Crippen LogP contribution in [0.25, 0.3) is 0 Å². The van der Waals surface area contributed by atoms with E-state index in [0.717, 1.165) is 6.54 Å². The summed E-state index contributed by atoms with van der Waals surface area (Å²) in [4.78, 5) is 8.18. The minimum absolute atomic E-state index is 0.314. The van der Waals surface area contributed by atoms with Gasteiger partial charge >= 0.3 is 0 Å². The summed E-state index contributed by atoms with van der Waals surface area (Å²) in [6, 6.07) is 0. The summed E-state index contributed by atoms with van der Waals surface area (Å²) < 4.78 is 11.0. The van der Waals surface area contributed by atoms with E-state index in [1.54, 1.807) is 7.11 Å². The van der Waals surface area contributed by atoms with E-state index in [4.69, 9.17) is 9.47 Å². The van der Waals surface area contributed by atoms with Crippen LogP contribution in [-0.4, -0.2) is 29.2 Å². The molecular weight excluding hydrogens is 206 g/mol. The Balaban J connectivity index is 3.04. The number of rotatable bonds is 4. The third-order valence-electron chi connectivity index (χ3n) is 1.72. The van der Waals surface area contributed by atoms with Crippen LogP contribution in [0.4, 0.5) is 5.82 Å². The summed E-state index contributed by atoms with van der Waals surface area (Å²) in [6.07, 6.45) is 1.46. The summed E-state index contributed by atoms with van der Waals surface area (Å²) in [5, 5.41) is 3.10. The molecule has 0 radical (unpaired) electrons. The average Bonchev–Trinajstić information content (AvgIpc) is 2.16. The minimum atomic E-state index is -0.314. The van der Waals surface area contributed by atoms with Crippen molar-refractivity contribution in [2.24, 2.45) is 0 Å². The molecule has 0 spiro atoms. The fourth-order valence-electron chi connectivity index (χ4n) is 1.20. The van der Waals surface area contributed by atoms with Gasteiger partial charge in [0.25, 0.3) is 5.88 Å². The molecule has 0 amide bonds. The highest BCUT2D eigenvalue weighted by molar-refractivity contribution is 5.55. The first kappa shape index (κ1) is 12.5. The zero-order valence-corrected chi connectivity index (χ0v) is 10.5. The molecule has 0 atom stereocenters. The lowest BCUT2D eigenvalue weighted by molar-refractivity contribution is 0.118. The second-order valence-corrected chi connectivity index (χ2v) is 4.31. The van der Waals surface area contributed by atoms with Gasteiger partial charge in [0.15, 0.2) is 5.82 Å². The van der Waals surface area contributed by atoms with Gasteiger partial charge in [0, 0.05) is 6.54 Å². The molecule has 1 N–H and O–H groups in total. The van der Waals surface area contributed by atoms with Gasteiger partial charge in [-0.05, 0) is 27.7 Å². The molecule has 1 heterocycles. The van der Waals surface area contributed by atoms with Crippen molar-refractivity contribution in [3.63, 3.8) is 0 Å². The van der Waals surface area contributed by atoms with E-state index >= 15 is 0 Å². The van der Waals surface area contributed by atoms with Gasteiger partial charge in [-0.3, -0.25) is 0 Å². The maximum absolute atomic E-state index is 5.69. The zero-order valence-electron chi connectivity index (χ0n) is 10.5. The molecule has 1 aromatic rings. The van der Waals surface area contributed by atoms with Crippen molar-refractivity contribution < 1.29 is 9.47 Å². The molecule has 0 bridgehead atoms. The molecule has 0 saturated carbocycles. The van der Waals surface area contributed by atoms with Gasteiger partial charge in [-0.15, -0.1) is 0 Å². The Hall–Kier alpha value is -1.52. The van der Waals surface area contributed by atoms with Gasteiger partial charge in [0.05, 0.1) is 7.11 Å². The molecule has 0 aliphatic carbocycles. The zero-order chi connectivity index (χ0) is 12.2. The number of hydrogen-bond acceptors (Lipinski definition) is 5. The Morgan fingerprint density at radius 3 is 2.50 bits per heavy atom. The van der Waals surface area contributed by atoms with Crippen molar-refractivity contribution in [1.29, 1.82) is 0 Å². The molecule has 5 nitrogen and oxygen atoms in total. The minimum Gasteiger partial charge on any atom is -0.489 e. The monoisotopic (exact) mass is 225 g/mol. The first-order valence-electron chi connectivity index (χ1n) is 5.29. The van der Waals surface area contributed by atoms with Crippen LogP contribution in [0.3, 0.4) is 0 Å². The highest BCUT2D eigenvalue weighted by Gasteiger charge is 2.19. The van der Waals surface area contributed by atoms with Crippen LogP contribution >= 0.6 is 0 Å². The Labute approximate surface area is 96.2 Å². The van der Waals surface area contributed by atoms with Gasteiger partial charge in [-0.1, -0.05) is 0 Å². The van der Waals surface area contributed by atoms with Crippen molar-refractivity contribution >= 4 is 5.82 Å². The summed E-state index contributed by atoms with van der Waals surface area (Å²) in [7, 11) is 1.58. The lowest BCUT2D eigenvalue weighted by atomic mass is 10.2. The summed E-state index contributed by atoms with van der Waals surface area (Å²) >= 11 is 0. The lowest BCUT2D eigenvalue weighted by Crippen LogP contribution is -2.24. The van der Waals surface area contributed by atoms with Gasteiger partial charge in [-0.2, -0.15) is 4.98 Å². The van der Waals surface area contributed by atoms with E-state index in [-0.39, 0.29) is 5.60 Å². The molecule has 0 saturated heterocycles. The molecule has 90 valence electrons. The highest BCUT2D eigenvalue weighted by Crippen LogP contribution is 2.32. The third-order valence-corrected chi connectivity index (χ3v) is 1.72. The van der Waals surface area contributed by atoms with Crippen LogP contribution < -0.4 is 14.8 Å². The normalized spacial score (nSPS) is 11.1. The van der Waals surface area contributed by atoms with Crippen molar-refractivity contribution in [2.45, 2.75) is 33.3 Å². The second-order valence-electron chi connectivity index (χ2n) is 4.31. The molecule has 16 heavy (non-hydrogen) atoms. The number of hydrogen-bond donors (Lipinski definition) is 1. The fourth-order valence-corrected chi connectivity index (χ4v) is 1.20. The number of anilines is 1. The van der Waals surface area contributed by atoms with Gasteiger partial charge in [0.2, 0.25) is 5.75 Å². The summed E-state index contributed by atoms with van der Waals surface area (Å²) in [6.45, 7) is 8.64. The van der Waals surface area contributed by atoms with Crippen molar-refractivity contribution in [3.05, 3.63) is 6.33 Å². The van der Waals surface area contributed by atoms with Crippen LogP contribution in [0.1, 0.15) is 27.7 Å². The molecule has 0 aliphatic rings. The molecule has 0 aliphatic heterocycles. The van der Waals surface area contributed by atoms with Crippen molar-refractivity contribution in [2.75, 3.05) is 19.0 Å². The quantitative estimate of drug-likeness (QED) is 0.850. The smallest absolute Gasteiger partial charge is 0.263 e. The van der Waals surface area contributed by atoms with Crippen LogP contribution in [0, 0.1) is 0 Å². The van der Waals surface area contributed by atoms with E-state index in [1.165, 1.54) is 6.33 Å². The van der Waals surface area contributed by atoms with Gasteiger partial charge < -0.3 is 14.8 Å². The molecule has 0 unspecified atom stereocenters. The highest BCUT2D eigenvalue weighted by atomic mass is 16.5. The summed E-state index contributed by atoms with van der Waals surface area (Å²) in [5.41, 5.74) is -0.314. The van der Waals surface area contributed by atoms with Crippen LogP contribution in [0.15, 0.2) is 6.33 Å². The second kappa shape index (κ2) is 5.01. The lowest BCUT2D eigenvalue weighted by Gasteiger charge is -2.22. The van der Waals surface area contributed by atoms with E-state index in [1.807, 2.05) is 27.7 Å². The Morgan fingerprint density at radius 2 is 2.00 bits per heavy atom. The van der Waals surface area contributed by atoms with E-state index < -0.39 is 0 Å². The maximum atomic E-state index is 5.69. The standard InChI is InChI=1S/C11H19N3O2/c1-6-12-9-8(15-5)10(14-7-13-9)16-11(2,3)4/h7H,6H2,1-5H3,(H,12,13,14). The summed E-state index contributed by atoms with van der Waals surface area (Å²) in [5.74, 6) is 1.65. The SMILES string of the molecule is CCNc1ncnc(OC(C)(C)C)c1OC. The maximum Gasteiger partial charge on any atom is 0.263 e. The predicted octanol–water partition coefficient (Wildman–Crippen LogP) is 2.09. The first-order chi connectivity index (χ1) is 7.48. The molecule has 1 rings (SSSR count). The van der Waals surface area contributed by atoms with Crippen LogP contribution in [-0.2, 0) is 0 Å². The number of ether oxygens (including phenoxy) is 2. The molecular formula is C11H19N3O2. The average molecular weight is 225 g/mol. The Bertz CT molecular complexity index is 348. The van der Waals surface area contributed by atoms with Gasteiger partial charge in [-0.25, -0.2) is 4.98 Å². The Morgan fingerprint density at radius 1 is 1.31 bits per heavy atom. The number of aromatic nitrogens is 2.